The van der Waals surface area contributed by atoms with Crippen molar-refractivity contribution in [2.75, 3.05) is 0 Å². The fourth-order valence-corrected chi connectivity index (χ4v) is 1.61. The zero-order chi connectivity index (χ0) is 11.1. The predicted octanol–water partition coefficient (Wildman–Crippen LogP) is 2.61. The maximum absolute atomic E-state index is 5.23. The monoisotopic (exact) mass is 202 g/mol. The third-order valence-corrected chi connectivity index (χ3v) is 2.40. The summed E-state index contributed by atoms with van der Waals surface area (Å²) < 4.78 is 0. The van der Waals surface area contributed by atoms with Gasteiger partial charge in [-0.25, -0.2) is 0 Å². The van der Waals surface area contributed by atoms with Crippen LogP contribution in [0.2, 0.25) is 0 Å². The number of aliphatic imine (C=N–C) groups is 1. The van der Waals surface area contributed by atoms with E-state index in [4.69, 9.17) is 5.73 Å². The van der Waals surface area contributed by atoms with Crippen LogP contribution in [0.4, 0.5) is 0 Å². The number of allylic oxidation sites excluding steroid dienone is 4. The Bertz CT molecular complexity index is 300. The van der Waals surface area contributed by atoms with E-state index in [9.17, 15) is 0 Å². The standard InChI is InChI=1S/C13H18N2/c1-3-7-11(8-4-2)13-12(15-13)9-5-6-10-14/h3-6,9-11,13H,1-2,7-8,14H2/b9-5-,10-6-. The van der Waals surface area contributed by atoms with Gasteiger partial charge in [-0.3, -0.25) is 4.99 Å². The molecule has 0 saturated carbocycles. The second-order valence-electron chi connectivity index (χ2n) is 3.55. The molecule has 0 saturated heterocycles. The normalized spacial score (nSPS) is 19.8. The van der Waals surface area contributed by atoms with Crippen LogP contribution in [0.5, 0.6) is 0 Å². The van der Waals surface area contributed by atoms with Crippen molar-refractivity contribution in [2.24, 2.45) is 16.6 Å². The van der Waals surface area contributed by atoms with Crippen molar-refractivity contribution in [1.29, 1.82) is 0 Å². The van der Waals surface area contributed by atoms with Crippen molar-refractivity contribution in [2.45, 2.75) is 18.9 Å². The van der Waals surface area contributed by atoms with E-state index < -0.39 is 0 Å². The molecule has 0 aromatic rings. The van der Waals surface area contributed by atoms with Crippen LogP contribution in [0.25, 0.3) is 0 Å². The molecule has 0 aromatic heterocycles. The van der Waals surface area contributed by atoms with Gasteiger partial charge in [0.25, 0.3) is 0 Å². The SMILES string of the molecule is C=CCC(CC=C)C1N=C1/C=C\C=C/N. The first kappa shape index (κ1) is 11.5. The Hall–Kier alpha value is -1.57. The number of rotatable bonds is 7. The summed E-state index contributed by atoms with van der Waals surface area (Å²) >= 11 is 0. The smallest absolute Gasteiger partial charge is 0.0953 e. The average Bonchev–Trinajstić information content (AvgIpc) is 2.98. The Morgan fingerprint density at radius 3 is 2.47 bits per heavy atom. The minimum Gasteiger partial charge on any atom is -0.405 e. The highest BCUT2D eigenvalue weighted by Crippen LogP contribution is 2.28. The Morgan fingerprint density at radius 1 is 1.27 bits per heavy atom. The number of hydrogen-bond acceptors (Lipinski definition) is 2. The number of hydrogen-bond donors (Lipinski definition) is 1. The Balaban J connectivity index is 2.40. The van der Waals surface area contributed by atoms with Crippen LogP contribution in [0, 0.1) is 5.92 Å². The summed E-state index contributed by atoms with van der Waals surface area (Å²) in [4.78, 5) is 4.42. The summed E-state index contributed by atoms with van der Waals surface area (Å²) in [6, 6.07) is 0.364. The molecule has 1 unspecified atom stereocenters. The molecule has 0 aliphatic carbocycles. The number of nitrogens with zero attached hydrogens (tertiary/aromatic N) is 1. The maximum Gasteiger partial charge on any atom is 0.0953 e. The average molecular weight is 202 g/mol. The molecule has 2 heteroatoms. The molecule has 1 atom stereocenters. The van der Waals surface area contributed by atoms with Gasteiger partial charge in [-0.15, -0.1) is 13.2 Å². The van der Waals surface area contributed by atoms with Gasteiger partial charge < -0.3 is 5.73 Å². The summed E-state index contributed by atoms with van der Waals surface area (Å²) in [6.45, 7) is 7.52. The van der Waals surface area contributed by atoms with Gasteiger partial charge in [-0.2, -0.15) is 0 Å². The van der Waals surface area contributed by atoms with Crippen LogP contribution in [-0.2, 0) is 0 Å². The van der Waals surface area contributed by atoms with E-state index >= 15 is 0 Å². The van der Waals surface area contributed by atoms with Crippen LogP contribution in [-0.4, -0.2) is 11.8 Å². The highest BCUT2D eigenvalue weighted by Gasteiger charge is 2.31. The van der Waals surface area contributed by atoms with E-state index in [1.54, 1.807) is 6.08 Å². The van der Waals surface area contributed by atoms with Crippen LogP contribution in [0.1, 0.15) is 12.8 Å². The lowest BCUT2D eigenvalue weighted by molar-refractivity contribution is 0.544. The minimum absolute atomic E-state index is 0.364. The molecule has 1 aliphatic heterocycles. The molecular formula is C13H18N2. The van der Waals surface area contributed by atoms with E-state index in [0.29, 0.717) is 12.0 Å². The van der Waals surface area contributed by atoms with Gasteiger partial charge in [-0.05, 0) is 37.1 Å². The summed E-state index contributed by atoms with van der Waals surface area (Å²) in [5, 5.41) is 0. The molecule has 1 aliphatic rings. The zero-order valence-corrected chi connectivity index (χ0v) is 8.97. The molecule has 0 bridgehead atoms. The van der Waals surface area contributed by atoms with Gasteiger partial charge in [0.1, 0.15) is 0 Å². The zero-order valence-electron chi connectivity index (χ0n) is 8.97. The van der Waals surface area contributed by atoms with E-state index in [0.717, 1.165) is 18.6 Å². The summed E-state index contributed by atoms with van der Waals surface area (Å²) in [5.74, 6) is 0.529. The molecule has 1 heterocycles. The molecule has 0 fully saturated rings. The van der Waals surface area contributed by atoms with Crippen LogP contribution in [0.15, 0.2) is 54.7 Å². The summed E-state index contributed by atoms with van der Waals surface area (Å²) in [5.41, 5.74) is 6.38. The second-order valence-corrected chi connectivity index (χ2v) is 3.55. The van der Waals surface area contributed by atoms with Gasteiger partial charge in [0.2, 0.25) is 0 Å². The molecule has 0 aromatic carbocycles. The van der Waals surface area contributed by atoms with Crippen molar-refractivity contribution >= 4 is 5.71 Å². The van der Waals surface area contributed by atoms with Gasteiger partial charge >= 0.3 is 0 Å². The van der Waals surface area contributed by atoms with E-state index in [1.165, 1.54) is 6.20 Å². The highest BCUT2D eigenvalue weighted by atomic mass is 15.0. The third-order valence-electron chi connectivity index (χ3n) is 2.40. The molecule has 15 heavy (non-hydrogen) atoms. The fraction of sp³-hybridized carbons (Fsp3) is 0.308. The van der Waals surface area contributed by atoms with Gasteiger partial charge in [0.05, 0.1) is 11.8 Å². The van der Waals surface area contributed by atoms with Crippen molar-refractivity contribution in [3.05, 3.63) is 49.7 Å². The van der Waals surface area contributed by atoms with Gasteiger partial charge in [-0.1, -0.05) is 18.2 Å². The Labute approximate surface area is 91.6 Å². The summed E-state index contributed by atoms with van der Waals surface area (Å²) in [7, 11) is 0. The lowest BCUT2D eigenvalue weighted by Crippen LogP contribution is -2.11. The molecule has 80 valence electrons. The quantitative estimate of drug-likeness (QED) is 0.500. The fourth-order valence-electron chi connectivity index (χ4n) is 1.61. The van der Waals surface area contributed by atoms with Crippen LogP contribution in [0.3, 0.4) is 0 Å². The van der Waals surface area contributed by atoms with Crippen molar-refractivity contribution in [3.8, 4) is 0 Å². The highest BCUT2D eigenvalue weighted by molar-refractivity contribution is 6.09. The van der Waals surface area contributed by atoms with E-state index in [-0.39, 0.29) is 0 Å². The first-order valence-electron chi connectivity index (χ1n) is 5.18. The molecular weight excluding hydrogens is 184 g/mol. The lowest BCUT2D eigenvalue weighted by Gasteiger charge is -2.09. The molecule has 2 N–H and O–H groups in total. The molecule has 0 radical (unpaired) electrons. The molecule has 1 rings (SSSR count). The first-order chi connectivity index (χ1) is 7.33. The molecule has 0 spiro atoms. The van der Waals surface area contributed by atoms with Crippen LogP contribution < -0.4 is 5.73 Å². The van der Waals surface area contributed by atoms with Crippen molar-refractivity contribution < 1.29 is 0 Å². The van der Waals surface area contributed by atoms with Crippen molar-refractivity contribution in [3.63, 3.8) is 0 Å². The van der Waals surface area contributed by atoms with Crippen LogP contribution >= 0.6 is 0 Å². The lowest BCUT2D eigenvalue weighted by atomic mass is 9.94. The third kappa shape index (κ3) is 3.58. The topological polar surface area (TPSA) is 38.4 Å². The van der Waals surface area contributed by atoms with Crippen molar-refractivity contribution in [1.82, 2.24) is 0 Å². The van der Waals surface area contributed by atoms with E-state index in [2.05, 4.69) is 18.2 Å². The predicted molar refractivity (Wildman–Crippen MR) is 66.8 cm³/mol. The van der Waals surface area contributed by atoms with Gasteiger partial charge in [0, 0.05) is 0 Å². The Morgan fingerprint density at radius 2 is 1.93 bits per heavy atom. The molecule has 2 nitrogen and oxygen atoms in total. The minimum atomic E-state index is 0.364. The number of nitrogens with two attached hydrogens (primary N) is 1. The maximum atomic E-state index is 5.23. The molecule has 0 amide bonds. The van der Waals surface area contributed by atoms with Gasteiger partial charge in [0.15, 0.2) is 0 Å². The summed E-state index contributed by atoms with van der Waals surface area (Å²) in [6.07, 6.45) is 13.1. The second kappa shape index (κ2) is 6.02. The Kier molecular flexibility index (Phi) is 4.61. The van der Waals surface area contributed by atoms with E-state index in [1.807, 2.05) is 24.3 Å². The largest absolute Gasteiger partial charge is 0.405 e. The first-order valence-corrected chi connectivity index (χ1v) is 5.18.